The number of rotatable bonds is 2. The molecule has 3 heterocycles. The van der Waals surface area contributed by atoms with Gasteiger partial charge in [-0.25, -0.2) is 18.6 Å². The van der Waals surface area contributed by atoms with Gasteiger partial charge in [0, 0.05) is 11.5 Å². The van der Waals surface area contributed by atoms with Crippen LogP contribution in [0.3, 0.4) is 0 Å². The highest BCUT2D eigenvalue weighted by molar-refractivity contribution is 7.18. The molecule has 0 saturated carbocycles. The van der Waals surface area contributed by atoms with Crippen LogP contribution in [-0.2, 0) is 4.79 Å². The van der Waals surface area contributed by atoms with E-state index in [9.17, 15) is 22.4 Å². The molecule has 4 aromatic rings. The van der Waals surface area contributed by atoms with Crippen molar-refractivity contribution in [1.82, 2.24) is 25.4 Å². The Balaban J connectivity index is 2.08. The van der Waals surface area contributed by atoms with Crippen LogP contribution < -0.4 is 10.5 Å². The van der Waals surface area contributed by atoms with E-state index in [0.717, 1.165) is 11.3 Å². The number of anilines is 1. The van der Waals surface area contributed by atoms with Gasteiger partial charge < -0.3 is 10.5 Å². The minimum absolute atomic E-state index is 0.00236. The van der Waals surface area contributed by atoms with Crippen LogP contribution in [0, 0.1) is 18.6 Å². The van der Waals surface area contributed by atoms with Gasteiger partial charge in [-0.05, 0) is 6.92 Å². The van der Waals surface area contributed by atoms with Crippen LogP contribution in [0.2, 0.25) is 0 Å². The van der Waals surface area contributed by atoms with Gasteiger partial charge >= 0.3 is 12.1 Å². The molecule has 0 saturated heterocycles. The number of nitrogen functional groups attached to an aromatic ring is 1. The summed E-state index contributed by atoms with van der Waals surface area (Å²) in [5, 5.41) is 12.9. The van der Waals surface area contributed by atoms with Crippen molar-refractivity contribution >= 4 is 44.2 Å². The van der Waals surface area contributed by atoms with Gasteiger partial charge in [-0.15, -0.1) is 10.2 Å². The van der Waals surface area contributed by atoms with Crippen molar-refractivity contribution in [2.24, 2.45) is 0 Å². The number of H-pyrrole nitrogens is 1. The molecule has 0 aliphatic carbocycles. The standard InChI is InChI=1S/C15H7F5N6O2S/c1-3-6-8-7(4(16)2-5(9(8)17)28-13(27)15(18,19)20)10(22-11(6)24-23-3)12-25-26-14(21)29-12/h2H,1H3,(H2,21,26)(H,22,23,24). The maximum Gasteiger partial charge on any atom is 0.491 e. The predicted octanol–water partition coefficient (Wildman–Crippen LogP) is 3.27. The SMILES string of the molecule is Cc1n[nH]c2nc(-c3nnc(N)s3)c3c(F)cc(OC(=O)C(F)(F)F)c(F)c3c12. The van der Waals surface area contributed by atoms with Gasteiger partial charge in [0.25, 0.3) is 0 Å². The van der Waals surface area contributed by atoms with Crippen LogP contribution in [0.1, 0.15) is 5.69 Å². The third-order valence-corrected chi connectivity index (χ3v) is 4.66. The molecular weight excluding hydrogens is 423 g/mol. The summed E-state index contributed by atoms with van der Waals surface area (Å²) in [6.07, 6.45) is -5.40. The van der Waals surface area contributed by atoms with Crippen LogP contribution in [0.25, 0.3) is 32.5 Å². The first-order chi connectivity index (χ1) is 13.6. The van der Waals surface area contributed by atoms with Gasteiger partial charge in [0.1, 0.15) is 11.5 Å². The van der Waals surface area contributed by atoms with E-state index in [1.54, 1.807) is 0 Å². The zero-order valence-corrected chi connectivity index (χ0v) is 14.9. The Morgan fingerprint density at radius 1 is 1.21 bits per heavy atom. The maximum absolute atomic E-state index is 15.1. The van der Waals surface area contributed by atoms with Crippen LogP contribution in [0.15, 0.2) is 6.07 Å². The summed E-state index contributed by atoms with van der Waals surface area (Å²) >= 11 is 0.839. The van der Waals surface area contributed by atoms with Crippen molar-refractivity contribution in [2.75, 3.05) is 5.73 Å². The van der Waals surface area contributed by atoms with Crippen molar-refractivity contribution in [2.45, 2.75) is 13.1 Å². The second-order valence-electron chi connectivity index (χ2n) is 5.75. The molecule has 0 aliphatic heterocycles. The smallest absolute Gasteiger partial charge is 0.417 e. The number of aryl methyl sites for hydroxylation is 1. The number of nitrogens with one attached hydrogen (secondary N) is 1. The molecule has 3 N–H and O–H groups in total. The molecule has 150 valence electrons. The zero-order valence-electron chi connectivity index (χ0n) is 14.1. The molecule has 0 atom stereocenters. The first kappa shape index (κ1) is 18.9. The fraction of sp³-hybridized carbons (Fsp3) is 0.133. The molecule has 4 rings (SSSR count). The quantitative estimate of drug-likeness (QED) is 0.285. The number of esters is 1. The van der Waals surface area contributed by atoms with Crippen molar-refractivity contribution in [3.63, 3.8) is 0 Å². The lowest BCUT2D eigenvalue weighted by molar-refractivity contribution is -0.189. The largest absolute Gasteiger partial charge is 0.491 e. The molecule has 0 unspecified atom stereocenters. The minimum atomic E-state index is -5.40. The number of pyridine rings is 1. The molecule has 1 aromatic carbocycles. The molecule has 0 aliphatic rings. The number of aromatic amines is 1. The van der Waals surface area contributed by atoms with Crippen LogP contribution in [0.5, 0.6) is 5.75 Å². The summed E-state index contributed by atoms with van der Waals surface area (Å²) in [4.78, 5) is 15.3. The van der Waals surface area contributed by atoms with E-state index >= 15 is 4.39 Å². The number of hydrogen-bond acceptors (Lipinski definition) is 8. The summed E-state index contributed by atoms with van der Waals surface area (Å²) in [5.41, 5.74) is 5.58. The normalized spacial score (nSPS) is 12.1. The predicted molar refractivity (Wildman–Crippen MR) is 91.1 cm³/mol. The number of nitrogens with two attached hydrogens (primary N) is 1. The number of hydrogen-bond donors (Lipinski definition) is 2. The molecular formula is C15H7F5N6O2S. The molecule has 0 radical (unpaired) electrons. The number of halogens is 5. The molecule has 0 amide bonds. The number of carbonyl (C=O) groups excluding carboxylic acids is 1. The van der Waals surface area contributed by atoms with E-state index in [4.69, 9.17) is 5.73 Å². The number of aromatic nitrogens is 5. The zero-order chi connectivity index (χ0) is 21.1. The van der Waals surface area contributed by atoms with Gasteiger partial charge in [0.05, 0.1) is 16.5 Å². The van der Waals surface area contributed by atoms with E-state index in [1.807, 2.05) is 0 Å². The number of fused-ring (bicyclic) bond motifs is 3. The fourth-order valence-electron chi connectivity index (χ4n) is 2.75. The lowest BCUT2D eigenvalue weighted by Crippen LogP contribution is -2.28. The Bertz CT molecular complexity index is 1300. The third-order valence-electron chi connectivity index (χ3n) is 3.90. The van der Waals surface area contributed by atoms with Crippen molar-refractivity contribution in [3.05, 3.63) is 23.4 Å². The monoisotopic (exact) mass is 430 g/mol. The summed E-state index contributed by atoms with van der Waals surface area (Å²) in [6.45, 7) is 1.45. The molecule has 8 nitrogen and oxygen atoms in total. The van der Waals surface area contributed by atoms with Crippen LogP contribution in [0.4, 0.5) is 27.1 Å². The van der Waals surface area contributed by atoms with Gasteiger partial charge in [-0.2, -0.15) is 18.3 Å². The maximum atomic E-state index is 15.1. The number of ether oxygens (including phenoxy) is 1. The lowest BCUT2D eigenvalue weighted by atomic mass is 10.0. The van der Waals surface area contributed by atoms with Gasteiger partial charge in [0.15, 0.2) is 22.2 Å². The molecule has 0 fully saturated rings. The number of nitrogens with zero attached hydrogens (tertiary/aromatic N) is 4. The average Bonchev–Trinajstić information content (AvgIpc) is 3.23. The molecule has 29 heavy (non-hydrogen) atoms. The van der Waals surface area contributed by atoms with E-state index in [-0.39, 0.29) is 32.6 Å². The third kappa shape index (κ3) is 3.00. The van der Waals surface area contributed by atoms with E-state index in [0.29, 0.717) is 6.07 Å². The number of alkyl halides is 3. The Morgan fingerprint density at radius 2 is 1.93 bits per heavy atom. The van der Waals surface area contributed by atoms with E-state index < -0.39 is 40.3 Å². The lowest BCUT2D eigenvalue weighted by Gasteiger charge is -2.12. The molecule has 3 aromatic heterocycles. The minimum Gasteiger partial charge on any atom is -0.417 e. The average molecular weight is 430 g/mol. The second-order valence-corrected chi connectivity index (χ2v) is 6.76. The highest BCUT2D eigenvalue weighted by Crippen LogP contribution is 2.40. The number of carbonyl (C=O) groups is 1. The van der Waals surface area contributed by atoms with Gasteiger partial charge in [0.2, 0.25) is 5.13 Å². The fourth-order valence-corrected chi connectivity index (χ4v) is 3.36. The highest BCUT2D eigenvalue weighted by atomic mass is 32.1. The summed E-state index contributed by atoms with van der Waals surface area (Å²) in [7, 11) is 0. The summed E-state index contributed by atoms with van der Waals surface area (Å²) < 4.78 is 71.6. The molecule has 0 spiro atoms. The second kappa shape index (κ2) is 6.30. The highest BCUT2D eigenvalue weighted by Gasteiger charge is 2.42. The first-order valence-corrected chi connectivity index (χ1v) is 8.44. The van der Waals surface area contributed by atoms with E-state index in [1.165, 1.54) is 6.92 Å². The number of benzene rings is 1. The van der Waals surface area contributed by atoms with Gasteiger partial charge in [-0.3, -0.25) is 5.10 Å². The first-order valence-electron chi connectivity index (χ1n) is 7.62. The van der Waals surface area contributed by atoms with Crippen molar-refractivity contribution < 1.29 is 31.5 Å². The van der Waals surface area contributed by atoms with Crippen LogP contribution >= 0.6 is 11.3 Å². The van der Waals surface area contributed by atoms with Crippen molar-refractivity contribution in [1.29, 1.82) is 0 Å². The Morgan fingerprint density at radius 3 is 2.55 bits per heavy atom. The van der Waals surface area contributed by atoms with Crippen LogP contribution in [-0.4, -0.2) is 37.5 Å². The Kier molecular flexibility index (Phi) is 4.11. The Labute approximate surface area is 160 Å². The molecule has 0 bridgehead atoms. The Hall–Kier alpha value is -3.42. The summed E-state index contributed by atoms with van der Waals surface area (Å²) in [6, 6.07) is 0.331. The van der Waals surface area contributed by atoms with E-state index in [2.05, 4.69) is 30.1 Å². The topological polar surface area (TPSA) is 120 Å². The van der Waals surface area contributed by atoms with Crippen molar-refractivity contribution in [3.8, 4) is 16.5 Å². The molecule has 14 heteroatoms. The summed E-state index contributed by atoms with van der Waals surface area (Å²) in [5.74, 6) is -6.51. The van der Waals surface area contributed by atoms with Gasteiger partial charge in [-0.1, -0.05) is 11.3 Å².